The van der Waals surface area contributed by atoms with E-state index >= 15 is 0 Å². The Morgan fingerprint density at radius 1 is 1.38 bits per heavy atom. The van der Waals surface area contributed by atoms with Crippen LogP contribution in [0.4, 0.5) is 5.69 Å². The fourth-order valence-corrected chi connectivity index (χ4v) is 2.39. The van der Waals surface area contributed by atoms with Gasteiger partial charge in [-0.1, -0.05) is 6.07 Å². The number of rotatable bonds is 6. The molecule has 2 rings (SSSR count). The number of β-amino-alcohol motifs (C(OH)–C–C–N with tert-alkyl or cyclic N) is 1. The van der Waals surface area contributed by atoms with Gasteiger partial charge in [-0.25, -0.2) is 0 Å². The Balaban J connectivity index is 2.25. The van der Waals surface area contributed by atoms with Gasteiger partial charge < -0.3 is 15.2 Å². The van der Waals surface area contributed by atoms with Crippen molar-refractivity contribution in [1.29, 1.82) is 0 Å². The number of anilines is 1. The molecule has 1 aromatic rings. The molecule has 1 aliphatic heterocycles. The number of para-hydroxylation sites is 1. The summed E-state index contributed by atoms with van der Waals surface area (Å²) in [6.45, 7) is 2.05. The molecule has 0 spiro atoms. The monoisotopic (exact) mass is 354 g/mol. The smallest absolute Gasteiger partial charge is 0.277 e. The molecule has 0 radical (unpaired) electrons. The molecular weight excluding hydrogens is 340 g/mol. The van der Waals surface area contributed by atoms with Gasteiger partial charge >= 0.3 is 0 Å². The predicted molar refractivity (Wildman–Crippen MR) is 80.8 cm³/mol. The first-order chi connectivity index (χ1) is 10.1. The van der Waals surface area contributed by atoms with E-state index in [1.54, 1.807) is 12.1 Å². The van der Waals surface area contributed by atoms with Gasteiger partial charge in [0.25, 0.3) is 11.8 Å². The third-order valence-electron chi connectivity index (χ3n) is 2.87. The van der Waals surface area contributed by atoms with Crippen LogP contribution in [0.25, 0.3) is 0 Å². The molecule has 21 heavy (non-hydrogen) atoms. The van der Waals surface area contributed by atoms with Crippen LogP contribution in [0.15, 0.2) is 34.4 Å². The Morgan fingerprint density at radius 2 is 2.14 bits per heavy atom. The Labute approximate surface area is 130 Å². The van der Waals surface area contributed by atoms with E-state index in [0.717, 1.165) is 9.37 Å². The van der Waals surface area contributed by atoms with Crippen molar-refractivity contribution in [2.75, 3.05) is 25.1 Å². The molecule has 1 aromatic carbocycles. The summed E-state index contributed by atoms with van der Waals surface area (Å²) in [6.07, 6.45) is 1.22. The van der Waals surface area contributed by atoms with Crippen LogP contribution in [0, 0.1) is 0 Å². The topological polar surface area (TPSA) is 78.9 Å². The van der Waals surface area contributed by atoms with E-state index in [9.17, 15) is 9.59 Å². The maximum atomic E-state index is 12.1. The van der Waals surface area contributed by atoms with Crippen molar-refractivity contribution in [3.63, 3.8) is 0 Å². The largest absolute Gasteiger partial charge is 0.492 e. The van der Waals surface area contributed by atoms with Crippen molar-refractivity contribution in [2.45, 2.75) is 6.92 Å². The van der Waals surface area contributed by atoms with Crippen LogP contribution in [-0.4, -0.2) is 41.6 Å². The van der Waals surface area contributed by atoms with Gasteiger partial charge in [-0.3, -0.25) is 14.5 Å². The molecule has 2 amide bonds. The van der Waals surface area contributed by atoms with Gasteiger partial charge in [0, 0.05) is 10.5 Å². The van der Waals surface area contributed by atoms with Gasteiger partial charge in [0.2, 0.25) is 0 Å². The summed E-state index contributed by atoms with van der Waals surface area (Å²) in [6, 6.07) is 5.39. The van der Waals surface area contributed by atoms with Crippen LogP contribution in [0.5, 0.6) is 5.75 Å². The third kappa shape index (κ3) is 3.25. The molecule has 0 fully saturated rings. The number of carbonyl (C=O) groups is 2. The lowest BCUT2D eigenvalue weighted by molar-refractivity contribution is -0.137. The number of amides is 2. The molecule has 0 aliphatic carbocycles. The lowest BCUT2D eigenvalue weighted by Gasteiger charge is -2.16. The van der Waals surface area contributed by atoms with Crippen molar-refractivity contribution in [3.8, 4) is 5.75 Å². The van der Waals surface area contributed by atoms with Gasteiger partial charge in [0.1, 0.15) is 11.4 Å². The number of aliphatic hydroxyl groups excluding tert-OH is 1. The lowest BCUT2D eigenvalue weighted by atomic mass is 10.2. The molecule has 0 saturated carbocycles. The molecule has 0 unspecified atom stereocenters. The van der Waals surface area contributed by atoms with Gasteiger partial charge in [-0.15, -0.1) is 0 Å². The highest BCUT2D eigenvalue weighted by Crippen LogP contribution is 2.34. The third-order valence-corrected chi connectivity index (χ3v) is 3.53. The van der Waals surface area contributed by atoms with Crippen molar-refractivity contribution in [1.82, 2.24) is 4.90 Å². The minimum absolute atomic E-state index is 0.0202. The zero-order chi connectivity index (χ0) is 15.4. The van der Waals surface area contributed by atoms with E-state index in [4.69, 9.17) is 9.84 Å². The first-order valence-electron chi connectivity index (χ1n) is 6.45. The summed E-state index contributed by atoms with van der Waals surface area (Å²) in [5, 5.41) is 11.8. The number of hydrogen-bond acceptors (Lipinski definition) is 5. The summed E-state index contributed by atoms with van der Waals surface area (Å²) in [5.74, 6) is -0.331. The number of aliphatic hydroxyl groups is 1. The van der Waals surface area contributed by atoms with E-state index < -0.39 is 11.8 Å². The maximum absolute atomic E-state index is 12.1. The summed E-state index contributed by atoms with van der Waals surface area (Å²) < 4.78 is 6.21. The highest BCUT2D eigenvalue weighted by Gasteiger charge is 2.31. The van der Waals surface area contributed by atoms with Crippen molar-refractivity contribution >= 4 is 33.4 Å². The summed E-state index contributed by atoms with van der Waals surface area (Å²) in [5.41, 5.74) is 0.735. The van der Waals surface area contributed by atoms with Crippen molar-refractivity contribution in [3.05, 3.63) is 34.4 Å². The molecular formula is C14H15BrN2O4. The van der Waals surface area contributed by atoms with E-state index in [-0.39, 0.29) is 18.8 Å². The zero-order valence-electron chi connectivity index (χ0n) is 11.4. The number of nitrogens with zero attached hydrogens (tertiary/aromatic N) is 1. The standard InChI is InChI=1S/C14H15BrN2O4/c1-2-21-11-5-3-4-9(15)13(11)16-10-8-12(19)17(6-7-18)14(10)20/h3-5,8,16,18H,2,6-7H2,1H3. The number of halogens is 1. The Kier molecular flexibility index (Phi) is 4.98. The second-order valence-electron chi connectivity index (χ2n) is 4.25. The molecule has 0 aromatic heterocycles. The average Bonchev–Trinajstić information content (AvgIpc) is 2.71. The fourth-order valence-electron chi connectivity index (χ4n) is 1.95. The Hall–Kier alpha value is -1.86. The first kappa shape index (κ1) is 15.5. The van der Waals surface area contributed by atoms with Crippen LogP contribution >= 0.6 is 15.9 Å². The quantitative estimate of drug-likeness (QED) is 0.757. The second-order valence-corrected chi connectivity index (χ2v) is 5.10. The van der Waals surface area contributed by atoms with Crippen LogP contribution in [0.1, 0.15) is 6.92 Å². The first-order valence-corrected chi connectivity index (χ1v) is 7.24. The molecule has 1 aliphatic rings. The van der Waals surface area contributed by atoms with Crippen LogP contribution < -0.4 is 10.1 Å². The van der Waals surface area contributed by atoms with Gasteiger partial charge in [0.05, 0.1) is 25.4 Å². The Bertz CT molecular complexity index is 601. The highest BCUT2D eigenvalue weighted by molar-refractivity contribution is 9.10. The highest BCUT2D eigenvalue weighted by atomic mass is 79.9. The van der Waals surface area contributed by atoms with Crippen molar-refractivity contribution < 1.29 is 19.4 Å². The minimum atomic E-state index is -0.466. The Morgan fingerprint density at radius 3 is 2.81 bits per heavy atom. The SMILES string of the molecule is CCOc1cccc(Br)c1NC1=CC(=O)N(CCO)C1=O. The molecule has 0 atom stereocenters. The number of hydrogen-bond donors (Lipinski definition) is 2. The van der Waals surface area contributed by atoms with Gasteiger partial charge in [0.15, 0.2) is 0 Å². The zero-order valence-corrected chi connectivity index (χ0v) is 13.0. The second kappa shape index (κ2) is 6.73. The van der Waals surface area contributed by atoms with E-state index in [1.165, 1.54) is 6.08 Å². The van der Waals surface area contributed by atoms with Crippen LogP contribution in [0.2, 0.25) is 0 Å². The van der Waals surface area contributed by atoms with Crippen LogP contribution in [0.3, 0.4) is 0 Å². The summed E-state index contributed by atoms with van der Waals surface area (Å²) in [4.78, 5) is 24.8. The van der Waals surface area contributed by atoms with E-state index in [0.29, 0.717) is 18.0 Å². The number of carbonyl (C=O) groups excluding carboxylic acids is 2. The molecule has 0 saturated heterocycles. The maximum Gasteiger partial charge on any atom is 0.277 e. The fraction of sp³-hybridized carbons (Fsp3) is 0.286. The number of imide groups is 1. The molecule has 7 heteroatoms. The average molecular weight is 355 g/mol. The summed E-state index contributed by atoms with van der Waals surface area (Å²) in [7, 11) is 0. The lowest BCUT2D eigenvalue weighted by Crippen LogP contribution is -2.34. The molecule has 2 N–H and O–H groups in total. The number of nitrogens with one attached hydrogen (secondary N) is 1. The van der Waals surface area contributed by atoms with Gasteiger partial charge in [-0.05, 0) is 35.0 Å². The molecule has 1 heterocycles. The molecule has 112 valence electrons. The molecule has 0 bridgehead atoms. The molecule has 6 nitrogen and oxygen atoms in total. The van der Waals surface area contributed by atoms with Gasteiger partial charge in [-0.2, -0.15) is 0 Å². The number of benzene rings is 1. The van der Waals surface area contributed by atoms with Crippen molar-refractivity contribution in [2.24, 2.45) is 0 Å². The van der Waals surface area contributed by atoms with E-state index in [2.05, 4.69) is 21.2 Å². The number of ether oxygens (including phenoxy) is 1. The van der Waals surface area contributed by atoms with Crippen LogP contribution in [-0.2, 0) is 9.59 Å². The predicted octanol–water partition coefficient (Wildman–Crippen LogP) is 1.50. The normalized spacial score (nSPS) is 14.4. The minimum Gasteiger partial charge on any atom is -0.492 e. The summed E-state index contributed by atoms with van der Waals surface area (Å²) >= 11 is 3.39. The van der Waals surface area contributed by atoms with E-state index in [1.807, 2.05) is 13.0 Å².